The zero-order chi connectivity index (χ0) is 59.5. The molecule has 5 aromatic heterocycles. The summed E-state index contributed by atoms with van der Waals surface area (Å²) >= 11 is 0. The fraction of sp³-hybridized carbons (Fsp3) is 0.167. The van der Waals surface area contributed by atoms with Crippen LogP contribution in [0.4, 0.5) is 0 Å². The number of hydrogen-bond donors (Lipinski definition) is 0. The van der Waals surface area contributed by atoms with Gasteiger partial charge in [-0.1, -0.05) is 79.9 Å². The molecule has 1 aliphatic rings. The van der Waals surface area contributed by atoms with Crippen LogP contribution < -0.4 is 0 Å². The molecule has 18 heteroatoms. The molecule has 0 aliphatic heterocycles. The Bertz CT molecular complexity index is 4110. The predicted octanol–water partition coefficient (Wildman–Crippen LogP) is 14.9. The van der Waals surface area contributed by atoms with E-state index in [0.29, 0.717) is 22.3 Å². The molecule has 13 nitrogen and oxygen atoms in total. The number of benzene rings is 7. The molecule has 0 unspecified atom stereocenters. The van der Waals surface area contributed by atoms with Crippen molar-refractivity contribution in [1.82, 2.24) is 48.9 Å². The summed E-state index contributed by atoms with van der Waals surface area (Å²) in [7, 11) is 0. The molecule has 1 fully saturated rings. The van der Waals surface area contributed by atoms with Gasteiger partial charge in [0.1, 0.15) is 6.07 Å². The number of carbonyl (C=O) groups excluding carboxylic acids is 2. The van der Waals surface area contributed by atoms with Crippen LogP contribution in [0.15, 0.2) is 213 Å². The third-order valence-electron chi connectivity index (χ3n) is 14.1. The van der Waals surface area contributed by atoms with Gasteiger partial charge in [-0.3, -0.25) is 33.0 Å². The van der Waals surface area contributed by atoms with E-state index in [4.69, 9.17) is 5.26 Å². The fourth-order valence-corrected chi connectivity index (χ4v) is 9.70. The number of nitrogens with zero attached hydrogens (tertiary/aromatic N) is 11. The van der Waals surface area contributed by atoms with Gasteiger partial charge in [0.25, 0.3) is 0 Å². The molecular formula is C72H64Ir4N11O2Pt-5. The Labute approximate surface area is 596 Å². The summed E-state index contributed by atoms with van der Waals surface area (Å²) in [6.07, 6.45) is 16.3. The molecule has 470 valence electrons. The van der Waals surface area contributed by atoms with E-state index >= 15 is 0 Å². The number of Topliss-reactive ketones (excluding diaryl/α,β-unsaturated/α-hetero) is 1. The van der Waals surface area contributed by atoms with Crippen LogP contribution in [0.25, 0.3) is 39.6 Å². The number of para-hydroxylation sites is 5. The molecule has 13 rings (SSSR count). The van der Waals surface area contributed by atoms with Crippen LogP contribution in [-0.2, 0) is 101 Å². The van der Waals surface area contributed by atoms with Gasteiger partial charge in [-0.15, -0.1) is 30.3 Å². The minimum atomic E-state index is -0.00900. The van der Waals surface area contributed by atoms with Crippen molar-refractivity contribution >= 4 is 11.6 Å². The number of hydrogen-bond acceptors (Lipinski definition) is 8. The van der Waals surface area contributed by atoms with Crippen LogP contribution in [0.3, 0.4) is 0 Å². The molecule has 12 aromatic rings. The quantitative estimate of drug-likeness (QED) is 0.0971. The number of rotatable bonds is 10. The predicted molar refractivity (Wildman–Crippen MR) is 332 cm³/mol. The number of aryl methyl sites for hydroxylation is 5. The number of ketones is 2. The first-order valence-electron chi connectivity index (χ1n) is 28.2. The largest absolute Gasteiger partial charge is 0.294 e. The molecule has 0 saturated heterocycles. The minimum Gasteiger partial charge on any atom is -0.294 e. The van der Waals surface area contributed by atoms with E-state index in [1.807, 2.05) is 201 Å². The van der Waals surface area contributed by atoms with Crippen molar-refractivity contribution in [2.24, 2.45) is 0 Å². The van der Waals surface area contributed by atoms with Gasteiger partial charge < -0.3 is 0 Å². The third-order valence-corrected chi connectivity index (χ3v) is 14.1. The molecule has 1 aliphatic carbocycles. The maximum Gasteiger partial charge on any atom is 0.196 e. The van der Waals surface area contributed by atoms with Crippen molar-refractivity contribution in [2.45, 2.75) is 79.6 Å². The Hall–Kier alpha value is -7.29. The molecule has 4 radical (unpaired) electrons. The summed E-state index contributed by atoms with van der Waals surface area (Å²) in [6.45, 7) is 11.2. The number of aromatic nitrogens is 10. The zero-order valence-corrected chi connectivity index (χ0v) is 62.1. The topological polar surface area (TPSA) is 147 Å². The van der Waals surface area contributed by atoms with Crippen molar-refractivity contribution in [3.63, 3.8) is 0 Å². The Morgan fingerprint density at radius 1 is 0.433 bits per heavy atom. The molecule has 0 bridgehead atoms. The molecule has 90 heavy (non-hydrogen) atoms. The average Bonchev–Trinajstić information content (AvgIpc) is 3.53. The molecular weight excluding hydrogens is 2010 g/mol. The molecule has 0 amide bonds. The second kappa shape index (κ2) is 37.8. The Balaban J connectivity index is 0.000000238. The first-order chi connectivity index (χ1) is 41.4. The average molecular weight is 2080 g/mol. The summed E-state index contributed by atoms with van der Waals surface area (Å²) in [5, 5.41) is 30.8. The van der Waals surface area contributed by atoms with Crippen LogP contribution in [0, 0.1) is 76.3 Å². The zero-order valence-electron chi connectivity index (χ0n) is 50.2. The van der Waals surface area contributed by atoms with Gasteiger partial charge in [-0.2, -0.15) is 152 Å². The Morgan fingerprint density at radius 2 is 0.800 bits per heavy atom. The molecule has 7 aromatic carbocycles. The van der Waals surface area contributed by atoms with Crippen LogP contribution in [-0.4, -0.2) is 60.5 Å². The standard InChI is InChI=1S/C17H13N2O.C16H19N2.C16H13N2.C12H11N2O.C11H8N3.4Ir.Pt/c1-13-16(17(20)14-8-4-2-5-9-14)12-19(18-13)15-10-6-3-7-11-15;2*1-13-16(14-8-4-2-5-9-14)12-18(17-13)15-10-6-3-7-11-15;1-9-12(10(2)15)8-14(13-9)11-6-4-3-5-7-11;1-9-10(7-12)8-14(13-9)11-5-3-2-4-6-11;;;;;/h2-10,12H,1H3;3,6-7,10,12,14H,2,4-5,8-9H2,1H3;2-10,12H,1H3;3-6,8H,1-2H3;2-5,8H,1H3;;;;;/q5*-1;;;;;. The van der Waals surface area contributed by atoms with Gasteiger partial charge in [0.15, 0.2) is 11.6 Å². The van der Waals surface area contributed by atoms with Crippen LogP contribution in [0.2, 0.25) is 0 Å². The smallest absolute Gasteiger partial charge is 0.196 e. The summed E-state index contributed by atoms with van der Waals surface area (Å²) < 4.78 is 8.86. The van der Waals surface area contributed by atoms with Crippen LogP contribution in [0.1, 0.15) is 111 Å². The van der Waals surface area contributed by atoms with E-state index in [1.54, 1.807) is 39.6 Å². The summed E-state index contributed by atoms with van der Waals surface area (Å²) in [5.74, 6) is 0.746. The maximum atomic E-state index is 12.4. The SMILES string of the molecule is CC(=O)c1cn(-c2[c-]cccc2)nc1C.Cc1nn(-c2[c-]cccc2)cc1-c1ccccc1.Cc1nn(-c2[c-]cccc2)cc1C#N.Cc1nn(-c2[c-]cccc2)cc1C(=O)c1ccccc1.Cc1nn(-c2[c-]cccc2)cc1C1CCCCC1.[Ir].[Ir].[Ir].[Ir].[Pt]. The van der Waals surface area contributed by atoms with Crippen LogP contribution in [0.5, 0.6) is 0 Å². The molecule has 0 N–H and O–H groups in total. The fourth-order valence-electron chi connectivity index (χ4n) is 9.70. The van der Waals surface area contributed by atoms with Crippen molar-refractivity contribution in [1.29, 1.82) is 5.26 Å². The normalized spacial score (nSPS) is 11.0. The summed E-state index contributed by atoms with van der Waals surface area (Å²) in [4.78, 5) is 23.7. The van der Waals surface area contributed by atoms with Gasteiger partial charge in [-0.25, -0.2) is 0 Å². The number of nitriles is 1. The number of carbonyl (C=O) groups is 2. The maximum absolute atomic E-state index is 12.4. The van der Waals surface area contributed by atoms with Crippen LogP contribution >= 0.6 is 0 Å². The van der Waals surface area contributed by atoms with Crippen molar-refractivity contribution in [3.8, 4) is 45.6 Å². The van der Waals surface area contributed by atoms with Gasteiger partial charge >= 0.3 is 0 Å². The first-order valence-corrected chi connectivity index (χ1v) is 28.2. The van der Waals surface area contributed by atoms with Gasteiger partial charge in [0.2, 0.25) is 0 Å². The van der Waals surface area contributed by atoms with Crippen molar-refractivity contribution in [3.05, 3.63) is 300 Å². The Kier molecular flexibility index (Phi) is 31.5. The molecule has 0 atom stereocenters. The minimum absolute atomic E-state index is 0. The third kappa shape index (κ3) is 20.4. The van der Waals surface area contributed by atoms with Gasteiger partial charge in [-0.05, 0) is 99.9 Å². The summed E-state index contributed by atoms with van der Waals surface area (Å²) in [6, 6.07) is 75.7. The molecule has 5 heterocycles. The van der Waals surface area contributed by atoms with E-state index in [9.17, 15) is 9.59 Å². The van der Waals surface area contributed by atoms with E-state index in [-0.39, 0.29) is 113 Å². The second-order valence-corrected chi connectivity index (χ2v) is 20.2. The first kappa shape index (κ1) is 75.2. The van der Waals surface area contributed by atoms with E-state index in [0.717, 1.165) is 62.7 Å². The van der Waals surface area contributed by atoms with Gasteiger partial charge in [0, 0.05) is 144 Å². The molecule has 1 saturated carbocycles. The van der Waals surface area contributed by atoms with E-state index in [2.05, 4.69) is 99.4 Å². The van der Waals surface area contributed by atoms with Crippen molar-refractivity contribution in [2.75, 3.05) is 0 Å². The van der Waals surface area contributed by atoms with E-state index in [1.165, 1.54) is 48.9 Å². The molecule has 0 spiro atoms. The second-order valence-electron chi connectivity index (χ2n) is 20.2. The summed E-state index contributed by atoms with van der Waals surface area (Å²) in [5.41, 5.74) is 15.3. The van der Waals surface area contributed by atoms with Crippen molar-refractivity contribution < 1.29 is 111 Å². The van der Waals surface area contributed by atoms with E-state index < -0.39 is 0 Å². The monoisotopic (exact) mass is 2080 g/mol. The Morgan fingerprint density at radius 3 is 1.21 bits per heavy atom. The van der Waals surface area contributed by atoms with Gasteiger partial charge in [0.05, 0.1) is 45.2 Å².